The van der Waals surface area contributed by atoms with Gasteiger partial charge in [0.05, 0.1) is 5.92 Å². The predicted molar refractivity (Wildman–Crippen MR) is 116 cm³/mol. The summed E-state index contributed by atoms with van der Waals surface area (Å²) in [6.07, 6.45) is 20.0. The van der Waals surface area contributed by atoms with Crippen LogP contribution in [0, 0.1) is 17.2 Å². The number of nitrogens with one attached hydrogen (secondary N) is 1. The molecule has 2 nitrogen and oxygen atoms in total. The fraction of sp³-hybridized carbons (Fsp3) is 0.917. The third-order valence-electron chi connectivity index (χ3n) is 5.63. The number of carbonyl (C=O) groups excluding carboxylic acids is 1. The maximum absolute atomic E-state index is 11.9. The molecule has 154 valence electrons. The van der Waals surface area contributed by atoms with Crippen molar-refractivity contribution in [3.05, 3.63) is 0 Å². The number of ketones is 1. The first-order valence-corrected chi connectivity index (χ1v) is 11.6. The summed E-state index contributed by atoms with van der Waals surface area (Å²) in [5.41, 5.74) is 0.692. The molecule has 0 spiro atoms. The Labute approximate surface area is 164 Å². The van der Waals surface area contributed by atoms with Crippen molar-refractivity contribution in [3.63, 3.8) is 0 Å². The normalized spacial score (nSPS) is 13.5. The number of hydrogen-bond acceptors (Lipinski definition) is 2. The Hall–Kier alpha value is -0.660. The van der Waals surface area contributed by atoms with Crippen molar-refractivity contribution in [1.29, 1.82) is 5.41 Å². The summed E-state index contributed by atoms with van der Waals surface area (Å²) in [6.45, 7) is 8.41. The molecule has 0 fully saturated rings. The van der Waals surface area contributed by atoms with Crippen LogP contribution in [0.2, 0.25) is 0 Å². The highest BCUT2D eigenvalue weighted by Gasteiger charge is 2.20. The van der Waals surface area contributed by atoms with Crippen molar-refractivity contribution in [3.8, 4) is 0 Å². The van der Waals surface area contributed by atoms with Gasteiger partial charge in [-0.15, -0.1) is 0 Å². The first-order chi connectivity index (χ1) is 12.5. The third-order valence-corrected chi connectivity index (χ3v) is 5.63. The van der Waals surface area contributed by atoms with E-state index in [9.17, 15) is 4.79 Å². The number of unbranched alkanes of at least 4 members (excludes halogenated alkanes) is 11. The zero-order valence-electron chi connectivity index (χ0n) is 18.4. The van der Waals surface area contributed by atoms with Crippen LogP contribution in [0.5, 0.6) is 0 Å². The van der Waals surface area contributed by atoms with E-state index in [-0.39, 0.29) is 11.7 Å². The van der Waals surface area contributed by atoms with Gasteiger partial charge in [0.15, 0.2) is 0 Å². The van der Waals surface area contributed by atoms with Gasteiger partial charge in [-0.05, 0) is 25.7 Å². The first kappa shape index (κ1) is 25.3. The lowest BCUT2D eigenvalue weighted by atomic mass is 9.86. The molecule has 0 aromatic rings. The van der Waals surface area contributed by atoms with Crippen LogP contribution in [-0.2, 0) is 4.79 Å². The second-order valence-corrected chi connectivity index (χ2v) is 8.46. The third kappa shape index (κ3) is 14.5. The predicted octanol–water partition coefficient (Wildman–Crippen LogP) is 8.13. The van der Waals surface area contributed by atoms with Gasteiger partial charge < -0.3 is 5.41 Å². The number of rotatable bonds is 19. The van der Waals surface area contributed by atoms with Crippen LogP contribution in [0.3, 0.4) is 0 Å². The molecule has 0 saturated heterocycles. The average molecular weight is 366 g/mol. The van der Waals surface area contributed by atoms with Crippen LogP contribution in [0.25, 0.3) is 0 Å². The van der Waals surface area contributed by atoms with Gasteiger partial charge in [-0.2, -0.15) is 0 Å². The van der Waals surface area contributed by atoms with Crippen LogP contribution in [0.4, 0.5) is 0 Å². The van der Waals surface area contributed by atoms with Crippen LogP contribution < -0.4 is 0 Å². The molecule has 2 atom stereocenters. The molecule has 0 amide bonds. The molecule has 26 heavy (non-hydrogen) atoms. The molecular formula is C24H47NO. The summed E-state index contributed by atoms with van der Waals surface area (Å²) in [4.78, 5) is 11.9. The molecule has 0 rings (SSSR count). The highest BCUT2D eigenvalue weighted by atomic mass is 16.1. The van der Waals surface area contributed by atoms with Crippen LogP contribution >= 0.6 is 0 Å². The van der Waals surface area contributed by atoms with Gasteiger partial charge in [0, 0.05) is 5.71 Å². The van der Waals surface area contributed by atoms with E-state index in [0.29, 0.717) is 11.6 Å². The molecule has 0 heterocycles. The van der Waals surface area contributed by atoms with Crippen molar-refractivity contribution >= 4 is 11.5 Å². The van der Waals surface area contributed by atoms with Gasteiger partial charge >= 0.3 is 0 Å². The summed E-state index contributed by atoms with van der Waals surface area (Å²) in [5, 5.41) is 8.39. The number of Topliss-reactive ketones (excluding diaryl/α,β-unsaturated/α-hetero) is 1. The fourth-order valence-electron chi connectivity index (χ4n) is 3.82. The molecule has 1 N–H and O–H groups in total. The maximum atomic E-state index is 11.9. The first-order valence-electron chi connectivity index (χ1n) is 11.6. The number of hydrogen-bond donors (Lipinski definition) is 1. The van der Waals surface area contributed by atoms with Crippen LogP contribution in [0.1, 0.15) is 130 Å². The van der Waals surface area contributed by atoms with Gasteiger partial charge in [-0.25, -0.2) is 0 Å². The molecule has 0 aliphatic carbocycles. The summed E-state index contributed by atoms with van der Waals surface area (Å²) in [6, 6.07) is 0. The zero-order valence-corrected chi connectivity index (χ0v) is 18.4. The van der Waals surface area contributed by atoms with Crippen molar-refractivity contribution in [1.82, 2.24) is 0 Å². The SMILES string of the molecule is CCCCCCCCCCC[C@@H](C)CC(=N)C(CCCCCC)C(C)=O. The molecule has 0 bridgehead atoms. The van der Waals surface area contributed by atoms with E-state index in [4.69, 9.17) is 5.41 Å². The van der Waals surface area contributed by atoms with Gasteiger partial charge in [0.25, 0.3) is 0 Å². The molecule has 0 aromatic carbocycles. The lowest BCUT2D eigenvalue weighted by Crippen LogP contribution is -2.23. The second-order valence-electron chi connectivity index (χ2n) is 8.46. The van der Waals surface area contributed by atoms with E-state index >= 15 is 0 Å². The maximum Gasteiger partial charge on any atom is 0.138 e. The van der Waals surface area contributed by atoms with E-state index in [2.05, 4.69) is 20.8 Å². The summed E-state index contributed by atoms with van der Waals surface area (Å²) < 4.78 is 0. The molecule has 0 aromatic heterocycles. The van der Waals surface area contributed by atoms with Gasteiger partial charge in [0.1, 0.15) is 5.78 Å². The van der Waals surface area contributed by atoms with E-state index in [1.54, 1.807) is 6.92 Å². The van der Waals surface area contributed by atoms with Crippen molar-refractivity contribution < 1.29 is 4.79 Å². The van der Waals surface area contributed by atoms with E-state index in [1.165, 1.54) is 83.5 Å². The second kappa shape index (κ2) is 17.7. The molecule has 2 heteroatoms. The van der Waals surface area contributed by atoms with Crippen LogP contribution in [0.15, 0.2) is 0 Å². The van der Waals surface area contributed by atoms with Gasteiger partial charge in [0.2, 0.25) is 0 Å². The highest BCUT2D eigenvalue weighted by molar-refractivity contribution is 6.02. The van der Waals surface area contributed by atoms with Gasteiger partial charge in [-0.1, -0.05) is 111 Å². The zero-order chi connectivity index (χ0) is 19.6. The Bertz CT molecular complexity index is 350. The lowest BCUT2D eigenvalue weighted by Gasteiger charge is -2.18. The molecule has 0 saturated carbocycles. The summed E-state index contributed by atoms with van der Waals surface area (Å²) in [5.74, 6) is 0.628. The Morgan fingerprint density at radius 2 is 1.15 bits per heavy atom. The van der Waals surface area contributed by atoms with Crippen LogP contribution in [-0.4, -0.2) is 11.5 Å². The standard InChI is InChI=1S/C24H47NO/c1-5-7-9-11-12-13-14-15-16-18-21(3)20-24(25)23(22(4)26)19-17-10-8-6-2/h21,23,25H,5-20H2,1-4H3/t21-,23?/m1/s1. The average Bonchev–Trinajstić information content (AvgIpc) is 2.59. The monoisotopic (exact) mass is 365 g/mol. The van der Waals surface area contributed by atoms with Crippen molar-refractivity contribution in [2.24, 2.45) is 11.8 Å². The molecule has 1 unspecified atom stereocenters. The summed E-state index contributed by atoms with van der Waals surface area (Å²) in [7, 11) is 0. The Balaban J connectivity index is 3.82. The summed E-state index contributed by atoms with van der Waals surface area (Å²) >= 11 is 0. The molecule has 0 radical (unpaired) electrons. The van der Waals surface area contributed by atoms with Gasteiger partial charge in [-0.3, -0.25) is 4.79 Å². The smallest absolute Gasteiger partial charge is 0.138 e. The highest BCUT2D eigenvalue weighted by Crippen LogP contribution is 2.21. The molecule has 0 aliphatic rings. The Morgan fingerprint density at radius 1 is 0.731 bits per heavy atom. The van der Waals surface area contributed by atoms with Crippen molar-refractivity contribution in [2.45, 2.75) is 130 Å². The Morgan fingerprint density at radius 3 is 1.65 bits per heavy atom. The van der Waals surface area contributed by atoms with E-state index in [1.807, 2.05) is 0 Å². The minimum absolute atomic E-state index is 0.113. The number of carbonyl (C=O) groups is 1. The lowest BCUT2D eigenvalue weighted by molar-refractivity contribution is -0.119. The minimum atomic E-state index is -0.113. The topological polar surface area (TPSA) is 40.9 Å². The fourth-order valence-corrected chi connectivity index (χ4v) is 3.82. The molecular weight excluding hydrogens is 318 g/mol. The van der Waals surface area contributed by atoms with Crippen molar-refractivity contribution in [2.75, 3.05) is 0 Å². The quantitative estimate of drug-likeness (QED) is 0.182. The largest absolute Gasteiger partial charge is 0.309 e. The van der Waals surface area contributed by atoms with E-state index < -0.39 is 0 Å². The van der Waals surface area contributed by atoms with E-state index in [0.717, 1.165) is 19.3 Å². The Kier molecular flexibility index (Phi) is 17.3. The molecule has 0 aliphatic heterocycles. The minimum Gasteiger partial charge on any atom is -0.309 e.